The van der Waals surface area contributed by atoms with Crippen LogP contribution in [0.15, 0.2) is 48.5 Å². The van der Waals surface area contributed by atoms with E-state index in [1.165, 1.54) is 6.42 Å². The number of anilines is 1. The maximum Gasteiger partial charge on any atom is 0.255 e. The van der Waals surface area contributed by atoms with Crippen molar-refractivity contribution in [2.45, 2.75) is 33.1 Å². The highest BCUT2D eigenvalue weighted by atomic mass is 16.5. The van der Waals surface area contributed by atoms with Gasteiger partial charge in [-0.2, -0.15) is 0 Å². The number of likely N-dealkylation sites (tertiary alicyclic amines) is 1. The van der Waals surface area contributed by atoms with Crippen LogP contribution in [-0.4, -0.2) is 36.4 Å². The minimum Gasteiger partial charge on any atom is -0.493 e. The Labute approximate surface area is 166 Å². The second-order valence-electron chi connectivity index (χ2n) is 7.62. The van der Waals surface area contributed by atoms with Gasteiger partial charge in [-0.3, -0.25) is 9.59 Å². The van der Waals surface area contributed by atoms with Crippen LogP contribution in [0.1, 0.15) is 53.8 Å². The van der Waals surface area contributed by atoms with Crippen molar-refractivity contribution >= 4 is 17.5 Å². The number of carbonyl (C=O) groups excluding carboxylic acids is 2. The fraction of sp³-hybridized carbons (Fsp3) is 0.391. The van der Waals surface area contributed by atoms with E-state index in [0.717, 1.165) is 25.9 Å². The quantitative estimate of drug-likeness (QED) is 0.797. The molecule has 5 nitrogen and oxygen atoms in total. The van der Waals surface area contributed by atoms with E-state index in [1.54, 1.807) is 42.5 Å². The largest absolute Gasteiger partial charge is 0.493 e. The highest BCUT2D eigenvalue weighted by Gasteiger charge is 2.18. The third-order valence-electron chi connectivity index (χ3n) is 4.69. The number of benzene rings is 2. The minimum atomic E-state index is -0.224. The molecule has 3 rings (SSSR count). The molecule has 0 radical (unpaired) electrons. The summed E-state index contributed by atoms with van der Waals surface area (Å²) in [5.41, 5.74) is 1.74. The van der Waals surface area contributed by atoms with Gasteiger partial charge in [0.1, 0.15) is 5.75 Å². The summed E-state index contributed by atoms with van der Waals surface area (Å²) in [6.45, 7) is 6.37. The van der Waals surface area contributed by atoms with Crippen molar-refractivity contribution < 1.29 is 14.3 Å². The predicted octanol–water partition coefficient (Wildman–Crippen LogP) is 4.60. The molecular formula is C23H28N2O3. The Morgan fingerprint density at radius 2 is 1.71 bits per heavy atom. The molecule has 1 aliphatic heterocycles. The smallest absolute Gasteiger partial charge is 0.255 e. The molecule has 1 fully saturated rings. The summed E-state index contributed by atoms with van der Waals surface area (Å²) < 4.78 is 5.70. The lowest BCUT2D eigenvalue weighted by Crippen LogP contribution is -2.35. The Hall–Kier alpha value is -2.82. The molecule has 0 spiro atoms. The Morgan fingerprint density at radius 1 is 1.00 bits per heavy atom. The molecule has 0 unspecified atom stereocenters. The van der Waals surface area contributed by atoms with Crippen molar-refractivity contribution in [1.82, 2.24) is 4.90 Å². The first-order valence-corrected chi connectivity index (χ1v) is 9.96. The molecule has 0 atom stereocenters. The normalized spacial score (nSPS) is 14.0. The highest BCUT2D eigenvalue weighted by Crippen LogP contribution is 2.19. The third-order valence-corrected chi connectivity index (χ3v) is 4.69. The van der Waals surface area contributed by atoms with Gasteiger partial charge < -0.3 is 15.0 Å². The van der Waals surface area contributed by atoms with Crippen LogP contribution in [0.25, 0.3) is 0 Å². The number of nitrogens with zero attached hydrogens (tertiary/aromatic N) is 1. The lowest BCUT2D eigenvalue weighted by molar-refractivity contribution is 0.0724. The number of hydrogen-bond acceptors (Lipinski definition) is 3. The highest BCUT2D eigenvalue weighted by molar-refractivity contribution is 6.05. The van der Waals surface area contributed by atoms with Crippen LogP contribution < -0.4 is 10.1 Å². The van der Waals surface area contributed by atoms with Gasteiger partial charge >= 0.3 is 0 Å². The van der Waals surface area contributed by atoms with E-state index in [2.05, 4.69) is 19.2 Å². The van der Waals surface area contributed by atoms with E-state index in [9.17, 15) is 9.59 Å². The molecule has 1 aliphatic rings. The summed E-state index contributed by atoms with van der Waals surface area (Å²) in [6.07, 6.45) is 3.29. The maximum absolute atomic E-state index is 12.7. The summed E-state index contributed by atoms with van der Waals surface area (Å²) in [6, 6.07) is 14.3. The van der Waals surface area contributed by atoms with E-state index in [4.69, 9.17) is 4.74 Å². The molecular weight excluding hydrogens is 352 g/mol. The van der Waals surface area contributed by atoms with Crippen molar-refractivity contribution in [2.75, 3.05) is 25.0 Å². The molecule has 1 heterocycles. The summed E-state index contributed by atoms with van der Waals surface area (Å²) >= 11 is 0. The number of piperidine rings is 1. The zero-order valence-corrected chi connectivity index (χ0v) is 16.6. The molecule has 28 heavy (non-hydrogen) atoms. The number of ether oxygens (including phenoxy) is 1. The van der Waals surface area contributed by atoms with E-state index >= 15 is 0 Å². The number of hydrogen-bond donors (Lipinski definition) is 1. The second kappa shape index (κ2) is 9.40. The van der Waals surface area contributed by atoms with Gasteiger partial charge in [-0.25, -0.2) is 0 Å². The topological polar surface area (TPSA) is 58.6 Å². The monoisotopic (exact) mass is 380 g/mol. The van der Waals surface area contributed by atoms with Gasteiger partial charge in [0, 0.05) is 29.9 Å². The molecule has 2 amide bonds. The van der Waals surface area contributed by atoms with Gasteiger partial charge in [0.25, 0.3) is 11.8 Å². The predicted molar refractivity (Wildman–Crippen MR) is 111 cm³/mol. The molecule has 2 aromatic carbocycles. The van der Waals surface area contributed by atoms with E-state index in [1.807, 2.05) is 11.0 Å². The average molecular weight is 380 g/mol. The Kier molecular flexibility index (Phi) is 6.69. The Morgan fingerprint density at radius 3 is 2.46 bits per heavy atom. The first-order chi connectivity index (χ1) is 13.5. The Bertz CT molecular complexity index is 826. The lowest BCUT2D eigenvalue weighted by atomic mass is 10.1. The van der Waals surface area contributed by atoms with Gasteiger partial charge in [0.2, 0.25) is 0 Å². The molecule has 0 saturated carbocycles. The van der Waals surface area contributed by atoms with Crippen LogP contribution in [0.4, 0.5) is 5.69 Å². The summed E-state index contributed by atoms with van der Waals surface area (Å²) in [7, 11) is 0. The molecule has 0 aliphatic carbocycles. The fourth-order valence-electron chi connectivity index (χ4n) is 3.20. The van der Waals surface area contributed by atoms with Crippen molar-refractivity contribution in [3.63, 3.8) is 0 Å². The second-order valence-corrected chi connectivity index (χ2v) is 7.62. The van der Waals surface area contributed by atoms with E-state index in [0.29, 0.717) is 35.1 Å². The van der Waals surface area contributed by atoms with Gasteiger partial charge in [-0.1, -0.05) is 26.0 Å². The van der Waals surface area contributed by atoms with Gasteiger partial charge in [-0.05, 0) is 61.6 Å². The zero-order chi connectivity index (χ0) is 19.9. The number of nitrogens with one attached hydrogen (secondary N) is 1. The van der Waals surface area contributed by atoms with E-state index in [-0.39, 0.29) is 11.8 Å². The average Bonchev–Trinajstić information content (AvgIpc) is 2.72. The van der Waals surface area contributed by atoms with Crippen molar-refractivity contribution in [2.24, 2.45) is 5.92 Å². The summed E-state index contributed by atoms with van der Waals surface area (Å²) in [4.78, 5) is 27.2. The summed E-state index contributed by atoms with van der Waals surface area (Å²) in [5, 5.41) is 2.88. The van der Waals surface area contributed by atoms with E-state index < -0.39 is 0 Å². The molecule has 0 bridgehead atoms. The molecule has 148 valence electrons. The number of amides is 2. The molecule has 0 aromatic heterocycles. The molecule has 1 N–H and O–H groups in total. The molecule has 5 heteroatoms. The number of rotatable bonds is 6. The lowest BCUT2D eigenvalue weighted by Gasteiger charge is -2.26. The van der Waals surface area contributed by atoms with Crippen LogP contribution in [0, 0.1) is 5.92 Å². The molecule has 1 saturated heterocycles. The minimum absolute atomic E-state index is 0.0277. The molecule has 2 aromatic rings. The van der Waals surface area contributed by atoms with Crippen LogP contribution in [-0.2, 0) is 0 Å². The van der Waals surface area contributed by atoms with Gasteiger partial charge in [0.15, 0.2) is 0 Å². The third kappa shape index (κ3) is 5.35. The first kappa shape index (κ1) is 19.9. The maximum atomic E-state index is 12.7. The van der Waals surface area contributed by atoms with Crippen molar-refractivity contribution in [3.05, 3.63) is 59.7 Å². The summed E-state index contributed by atoms with van der Waals surface area (Å²) in [5.74, 6) is 0.894. The van der Waals surface area contributed by atoms with Crippen LogP contribution in [0.3, 0.4) is 0 Å². The van der Waals surface area contributed by atoms with Crippen LogP contribution in [0.2, 0.25) is 0 Å². The zero-order valence-electron chi connectivity index (χ0n) is 16.6. The van der Waals surface area contributed by atoms with Crippen LogP contribution >= 0.6 is 0 Å². The Balaban J connectivity index is 1.67. The first-order valence-electron chi connectivity index (χ1n) is 9.96. The standard InChI is InChI=1S/C23H28N2O3/c1-17(2)16-28-21-11-7-8-18(15-21)22(26)24-20-10-6-9-19(14-20)23(27)25-12-4-3-5-13-25/h6-11,14-15,17H,3-5,12-13,16H2,1-2H3,(H,24,26). The van der Waals surface area contributed by atoms with Gasteiger partial charge in [-0.15, -0.1) is 0 Å². The number of carbonyl (C=O) groups is 2. The van der Waals surface area contributed by atoms with Gasteiger partial charge in [0.05, 0.1) is 6.61 Å². The SMILES string of the molecule is CC(C)COc1cccc(C(=O)Nc2cccc(C(=O)N3CCCCC3)c2)c1. The van der Waals surface area contributed by atoms with Crippen LogP contribution in [0.5, 0.6) is 5.75 Å². The fourth-order valence-corrected chi connectivity index (χ4v) is 3.20. The van der Waals surface area contributed by atoms with Crippen molar-refractivity contribution in [1.29, 1.82) is 0 Å². The van der Waals surface area contributed by atoms with Crippen molar-refractivity contribution in [3.8, 4) is 5.75 Å².